The van der Waals surface area contributed by atoms with Crippen molar-refractivity contribution in [3.63, 3.8) is 0 Å². The van der Waals surface area contributed by atoms with Crippen LogP contribution < -0.4 is 4.74 Å². The van der Waals surface area contributed by atoms with Crippen LogP contribution in [0, 0.1) is 6.92 Å². The summed E-state index contributed by atoms with van der Waals surface area (Å²) in [5.41, 5.74) is 8.07. The van der Waals surface area contributed by atoms with Gasteiger partial charge >= 0.3 is 0 Å². The molecule has 0 amide bonds. The molecule has 3 aromatic heterocycles. The molecule has 0 aromatic carbocycles. The van der Waals surface area contributed by atoms with Crippen molar-refractivity contribution in [1.29, 1.82) is 0 Å². The normalized spacial score (nSPS) is 15.2. The topological polar surface area (TPSA) is 49.2 Å². The van der Waals surface area contributed by atoms with E-state index in [-0.39, 0.29) is 6.04 Å². The zero-order chi connectivity index (χ0) is 19.8. The standard InChI is InChI=1S/C23H29N3O2/c1-6-19-17(9-10-21(24-19)28-5)23-18(16-7-8-16)11-20-22(25-23)14(2)12-26(20)15(3)13-27-4/h9-12,15-16H,6-8,13H2,1-5H3/t15-/m0/s1. The molecule has 0 spiro atoms. The molecule has 1 aliphatic carbocycles. The summed E-state index contributed by atoms with van der Waals surface area (Å²) in [5.74, 6) is 1.26. The Morgan fingerprint density at radius 3 is 2.64 bits per heavy atom. The van der Waals surface area contributed by atoms with E-state index < -0.39 is 0 Å². The zero-order valence-electron chi connectivity index (χ0n) is 17.5. The van der Waals surface area contributed by atoms with E-state index in [1.54, 1.807) is 14.2 Å². The summed E-state index contributed by atoms with van der Waals surface area (Å²) < 4.78 is 13.0. The van der Waals surface area contributed by atoms with Gasteiger partial charge in [-0.15, -0.1) is 0 Å². The Morgan fingerprint density at radius 1 is 1.21 bits per heavy atom. The smallest absolute Gasteiger partial charge is 0.213 e. The maximum absolute atomic E-state index is 5.39. The number of rotatable bonds is 7. The molecule has 0 N–H and O–H groups in total. The molecule has 1 aliphatic rings. The van der Waals surface area contributed by atoms with Gasteiger partial charge in [0.15, 0.2) is 0 Å². The molecule has 5 heteroatoms. The van der Waals surface area contributed by atoms with Crippen LogP contribution in [0.25, 0.3) is 22.3 Å². The Balaban J connectivity index is 1.92. The average Bonchev–Trinajstić information content (AvgIpc) is 3.51. The summed E-state index contributed by atoms with van der Waals surface area (Å²) >= 11 is 0. The van der Waals surface area contributed by atoms with Crippen molar-refractivity contribution in [2.24, 2.45) is 0 Å². The summed E-state index contributed by atoms with van der Waals surface area (Å²) in [6.45, 7) is 7.15. The molecule has 5 nitrogen and oxygen atoms in total. The molecular formula is C23H29N3O2. The van der Waals surface area contributed by atoms with Crippen molar-refractivity contribution in [2.75, 3.05) is 20.8 Å². The lowest BCUT2D eigenvalue weighted by Gasteiger charge is -2.16. The first-order chi connectivity index (χ1) is 13.6. The summed E-state index contributed by atoms with van der Waals surface area (Å²) in [5, 5.41) is 0. The predicted octanol–water partition coefficient (Wildman–Crippen LogP) is 5.06. The molecule has 0 bridgehead atoms. The fraction of sp³-hybridized carbons (Fsp3) is 0.478. The first kappa shape index (κ1) is 18.9. The summed E-state index contributed by atoms with van der Waals surface area (Å²) in [4.78, 5) is 9.87. The van der Waals surface area contributed by atoms with E-state index in [4.69, 9.17) is 14.5 Å². The second-order valence-electron chi connectivity index (χ2n) is 7.79. The maximum atomic E-state index is 5.39. The third-order valence-electron chi connectivity index (χ3n) is 5.66. The van der Waals surface area contributed by atoms with Crippen LogP contribution in [-0.2, 0) is 11.2 Å². The van der Waals surface area contributed by atoms with Gasteiger partial charge in [-0.3, -0.25) is 0 Å². The van der Waals surface area contributed by atoms with E-state index in [1.165, 1.54) is 29.5 Å². The van der Waals surface area contributed by atoms with Crippen LogP contribution in [0.3, 0.4) is 0 Å². The molecule has 4 rings (SSSR count). The van der Waals surface area contributed by atoms with Gasteiger partial charge in [-0.1, -0.05) is 6.92 Å². The number of pyridine rings is 2. The van der Waals surface area contributed by atoms with Crippen LogP contribution in [0.15, 0.2) is 24.4 Å². The van der Waals surface area contributed by atoms with Crippen LogP contribution >= 0.6 is 0 Å². The molecule has 1 fully saturated rings. The van der Waals surface area contributed by atoms with Gasteiger partial charge in [0.05, 0.1) is 42.2 Å². The predicted molar refractivity (Wildman–Crippen MR) is 112 cm³/mol. The second-order valence-corrected chi connectivity index (χ2v) is 7.79. The van der Waals surface area contributed by atoms with Crippen LogP contribution in [0.5, 0.6) is 5.88 Å². The Labute approximate surface area is 166 Å². The highest BCUT2D eigenvalue weighted by Crippen LogP contribution is 2.46. The Bertz CT molecular complexity index is 1000. The number of ether oxygens (including phenoxy) is 2. The maximum Gasteiger partial charge on any atom is 0.213 e. The van der Waals surface area contributed by atoms with Gasteiger partial charge in [-0.25, -0.2) is 9.97 Å². The molecule has 0 radical (unpaired) electrons. The molecule has 0 aliphatic heterocycles. The quantitative estimate of drug-likeness (QED) is 0.575. The number of methoxy groups -OCH3 is 2. The molecule has 0 unspecified atom stereocenters. The van der Waals surface area contributed by atoms with E-state index in [0.29, 0.717) is 18.4 Å². The van der Waals surface area contributed by atoms with E-state index >= 15 is 0 Å². The molecule has 1 saturated carbocycles. The first-order valence-electron chi connectivity index (χ1n) is 10.1. The molecule has 28 heavy (non-hydrogen) atoms. The van der Waals surface area contributed by atoms with Gasteiger partial charge in [0.2, 0.25) is 5.88 Å². The van der Waals surface area contributed by atoms with Crippen molar-refractivity contribution < 1.29 is 9.47 Å². The second kappa shape index (κ2) is 7.55. The number of aromatic nitrogens is 3. The highest BCUT2D eigenvalue weighted by molar-refractivity contribution is 5.85. The highest BCUT2D eigenvalue weighted by atomic mass is 16.5. The third-order valence-corrected chi connectivity index (χ3v) is 5.66. The summed E-state index contributed by atoms with van der Waals surface area (Å²) in [6, 6.07) is 6.69. The minimum Gasteiger partial charge on any atom is -0.481 e. The fourth-order valence-electron chi connectivity index (χ4n) is 4.03. The van der Waals surface area contributed by atoms with Crippen molar-refractivity contribution >= 4 is 11.0 Å². The zero-order valence-corrected chi connectivity index (χ0v) is 17.5. The van der Waals surface area contributed by atoms with Gasteiger partial charge in [0, 0.05) is 24.9 Å². The number of aryl methyl sites for hydroxylation is 2. The Kier molecular flexibility index (Phi) is 5.11. The summed E-state index contributed by atoms with van der Waals surface area (Å²) in [7, 11) is 3.42. The molecule has 3 aromatic rings. The highest BCUT2D eigenvalue weighted by Gasteiger charge is 2.29. The van der Waals surface area contributed by atoms with Gasteiger partial charge in [0.25, 0.3) is 0 Å². The number of fused-ring (bicyclic) bond motifs is 1. The number of nitrogens with zero attached hydrogens (tertiary/aromatic N) is 3. The number of hydrogen-bond acceptors (Lipinski definition) is 4. The minimum absolute atomic E-state index is 0.273. The third kappa shape index (κ3) is 3.28. The Morgan fingerprint density at radius 2 is 2.00 bits per heavy atom. The van der Waals surface area contributed by atoms with Gasteiger partial charge in [-0.05, 0) is 62.3 Å². The van der Waals surface area contributed by atoms with Gasteiger partial charge in [0.1, 0.15) is 0 Å². The minimum atomic E-state index is 0.273. The van der Waals surface area contributed by atoms with E-state index in [2.05, 4.69) is 48.7 Å². The summed E-state index contributed by atoms with van der Waals surface area (Å²) in [6.07, 6.45) is 5.52. The van der Waals surface area contributed by atoms with Gasteiger partial charge < -0.3 is 14.0 Å². The van der Waals surface area contributed by atoms with Crippen LogP contribution in [0.2, 0.25) is 0 Å². The van der Waals surface area contributed by atoms with Crippen LogP contribution in [-0.4, -0.2) is 35.4 Å². The first-order valence-corrected chi connectivity index (χ1v) is 10.1. The lowest BCUT2D eigenvalue weighted by molar-refractivity contribution is 0.164. The largest absolute Gasteiger partial charge is 0.481 e. The molecule has 148 valence electrons. The van der Waals surface area contributed by atoms with E-state index in [0.717, 1.165) is 28.9 Å². The van der Waals surface area contributed by atoms with Crippen molar-refractivity contribution in [3.05, 3.63) is 41.2 Å². The fourth-order valence-corrected chi connectivity index (χ4v) is 4.03. The lowest BCUT2D eigenvalue weighted by Crippen LogP contribution is -2.10. The lowest BCUT2D eigenvalue weighted by atomic mass is 9.99. The Hall–Kier alpha value is -2.40. The average molecular weight is 380 g/mol. The molecular weight excluding hydrogens is 350 g/mol. The van der Waals surface area contributed by atoms with Crippen LogP contribution in [0.1, 0.15) is 55.5 Å². The monoisotopic (exact) mass is 379 g/mol. The van der Waals surface area contributed by atoms with Crippen molar-refractivity contribution in [3.8, 4) is 17.1 Å². The molecule has 0 saturated heterocycles. The number of hydrogen-bond donors (Lipinski definition) is 0. The SMILES string of the molecule is CCc1nc(OC)ccc1-c1nc2c(C)cn([C@@H](C)COC)c2cc1C1CC1. The van der Waals surface area contributed by atoms with Crippen LogP contribution in [0.4, 0.5) is 0 Å². The van der Waals surface area contributed by atoms with E-state index in [9.17, 15) is 0 Å². The molecule has 3 heterocycles. The van der Waals surface area contributed by atoms with E-state index in [1.807, 2.05) is 6.07 Å². The van der Waals surface area contributed by atoms with Crippen molar-refractivity contribution in [1.82, 2.24) is 14.5 Å². The van der Waals surface area contributed by atoms with Crippen molar-refractivity contribution in [2.45, 2.75) is 52.0 Å². The van der Waals surface area contributed by atoms with Gasteiger partial charge in [-0.2, -0.15) is 0 Å². The molecule has 1 atom stereocenters.